The normalized spacial score (nSPS) is 18.5. The van der Waals surface area contributed by atoms with Gasteiger partial charge in [-0.2, -0.15) is 0 Å². The molecule has 0 saturated heterocycles. The van der Waals surface area contributed by atoms with Crippen LogP contribution in [0.1, 0.15) is 38.2 Å². The number of aliphatic hydroxyl groups excluding tert-OH is 1. The number of hydrogen-bond acceptors (Lipinski definition) is 3. The second-order valence-electron chi connectivity index (χ2n) is 6.03. The molecule has 0 saturated carbocycles. The van der Waals surface area contributed by atoms with E-state index in [1.165, 1.54) is 0 Å². The number of amides is 2. The molecule has 120 valence electrons. The Hall–Kier alpha value is -1.88. The lowest BCUT2D eigenvalue weighted by Gasteiger charge is -2.32. The van der Waals surface area contributed by atoms with Gasteiger partial charge in [-0.15, -0.1) is 0 Å². The van der Waals surface area contributed by atoms with E-state index in [2.05, 4.69) is 12.2 Å². The van der Waals surface area contributed by atoms with Gasteiger partial charge in [0, 0.05) is 25.4 Å². The van der Waals surface area contributed by atoms with Crippen molar-refractivity contribution in [1.82, 2.24) is 5.32 Å². The molecule has 1 heterocycles. The Labute approximate surface area is 131 Å². The van der Waals surface area contributed by atoms with Crippen molar-refractivity contribution in [3.8, 4) is 0 Å². The number of benzene rings is 1. The molecule has 2 rings (SSSR count). The van der Waals surface area contributed by atoms with Crippen LogP contribution in [0.2, 0.25) is 0 Å². The molecule has 0 bridgehead atoms. The van der Waals surface area contributed by atoms with Crippen molar-refractivity contribution in [2.45, 2.75) is 32.6 Å². The molecule has 2 unspecified atom stereocenters. The third-order valence-corrected chi connectivity index (χ3v) is 4.22. The molecule has 1 aliphatic heterocycles. The van der Waals surface area contributed by atoms with E-state index >= 15 is 0 Å². The minimum Gasteiger partial charge on any atom is -0.396 e. The number of carbonyl (C=O) groups is 2. The molecule has 5 nitrogen and oxygen atoms in total. The van der Waals surface area contributed by atoms with Crippen LogP contribution in [0, 0.1) is 5.92 Å². The van der Waals surface area contributed by atoms with E-state index in [-0.39, 0.29) is 12.5 Å². The van der Waals surface area contributed by atoms with Gasteiger partial charge in [-0.25, -0.2) is 0 Å². The topological polar surface area (TPSA) is 69.6 Å². The standard InChI is InChI=1S/C17H24N2O3/c1-12(8-10-20)11-18-16(21)17(22)19-9-7-13(2)14-5-3-4-6-15(14)19/h3-6,12-13,20H,7-11H2,1-2H3,(H,18,21). The highest BCUT2D eigenvalue weighted by molar-refractivity contribution is 6.40. The van der Waals surface area contributed by atoms with Gasteiger partial charge >= 0.3 is 11.8 Å². The maximum Gasteiger partial charge on any atom is 0.316 e. The largest absolute Gasteiger partial charge is 0.396 e. The molecule has 0 radical (unpaired) electrons. The Morgan fingerprint density at radius 2 is 2.14 bits per heavy atom. The third kappa shape index (κ3) is 3.65. The molecular formula is C17H24N2O3. The first-order chi connectivity index (χ1) is 10.5. The first-order valence-corrected chi connectivity index (χ1v) is 7.84. The number of nitrogens with zero attached hydrogens (tertiary/aromatic N) is 1. The molecular weight excluding hydrogens is 280 g/mol. The van der Waals surface area contributed by atoms with E-state index < -0.39 is 11.8 Å². The highest BCUT2D eigenvalue weighted by Crippen LogP contribution is 2.34. The Morgan fingerprint density at radius 3 is 2.86 bits per heavy atom. The fourth-order valence-electron chi connectivity index (χ4n) is 2.75. The number of nitrogens with one attached hydrogen (secondary N) is 1. The average molecular weight is 304 g/mol. The van der Waals surface area contributed by atoms with Gasteiger partial charge in [0.25, 0.3) is 0 Å². The Bertz CT molecular complexity index is 544. The average Bonchev–Trinajstić information content (AvgIpc) is 2.53. The number of aliphatic hydroxyl groups is 1. The van der Waals surface area contributed by atoms with Crippen LogP contribution in [0.4, 0.5) is 5.69 Å². The van der Waals surface area contributed by atoms with E-state index in [1.807, 2.05) is 31.2 Å². The van der Waals surface area contributed by atoms with E-state index in [9.17, 15) is 9.59 Å². The molecule has 1 aromatic carbocycles. The van der Waals surface area contributed by atoms with Crippen LogP contribution in [0.3, 0.4) is 0 Å². The lowest BCUT2D eigenvalue weighted by atomic mass is 9.91. The molecule has 0 aliphatic carbocycles. The van der Waals surface area contributed by atoms with Crippen molar-refractivity contribution in [3.05, 3.63) is 29.8 Å². The highest BCUT2D eigenvalue weighted by Gasteiger charge is 2.29. The lowest BCUT2D eigenvalue weighted by molar-refractivity contribution is -0.137. The summed E-state index contributed by atoms with van der Waals surface area (Å²) in [5, 5.41) is 11.5. The number of hydrogen-bond donors (Lipinski definition) is 2. The number of carbonyl (C=O) groups excluding carboxylic acids is 2. The van der Waals surface area contributed by atoms with Gasteiger partial charge in [0.2, 0.25) is 0 Å². The number of para-hydroxylation sites is 1. The highest BCUT2D eigenvalue weighted by atomic mass is 16.3. The predicted octanol–water partition coefficient (Wildman–Crippen LogP) is 1.66. The molecule has 22 heavy (non-hydrogen) atoms. The van der Waals surface area contributed by atoms with Crippen LogP contribution < -0.4 is 10.2 Å². The quantitative estimate of drug-likeness (QED) is 0.831. The van der Waals surface area contributed by atoms with Crippen LogP contribution in [-0.4, -0.2) is 36.6 Å². The summed E-state index contributed by atoms with van der Waals surface area (Å²) in [7, 11) is 0. The van der Waals surface area contributed by atoms with Crippen molar-refractivity contribution < 1.29 is 14.7 Å². The first-order valence-electron chi connectivity index (χ1n) is 7.84. The summed E-state index contributed by atoms with van der Waals surface area (Å²) in [6, 6.07) is 7.75. The summed E-state index contributed by atoms with van der Waals surface area (Å²) in [5.41, 5.74) is 1.95. The van der Waals surface area contributed by atoms with Gasteiger partial charge in [-0.3, -0.25) is 9.59 Å². The lowest BCUT2D eigenvalue weighted by Crippen LogP contribution is -2.46. The maximum absolute atomic E-state index is 12.4. The van der Waals surface area contributed by atoms with Gasteiger partial charge in [0.05, 0.1) is 0 Å². The SMILES string of the molecule is CC(CCO)CNC(=O)C(=O)N1CCC(C)c2ccccc21. The van der Waals surface area contributed by atoms with Crippen molar-refractivity contribution in [1.29, 1.82) is 0 Å². The van der Waals surface area contributed by atoms with Crippen LogP contribution >= 0.6 is 0 Å². The predicted molar refractivity (Wildman–Crippen MR) is 85.7 cm³/mol. The van der Waals surface area contributed by atoms with E-state index in [0.29, 0.717) is 25.4 Å². The minimum atomic E-state index is -0.575. The van der Waals surface area contributed by atoms with E-state index in [4.69, 9.17) is 5.11 Å². The zero-order chi connectivity index (χ0) is 16.1. The molecule has 2 amide bonds. The van der Waals surface area contributed by atoms with E-state index in [0.717, 1.165) is 17.7 Å². The van der Waals surface area contributed by atoms with Crippen LogP contribution in [0.5, 0.6) is 0 Å². The van der Waals surface area contributed by atoms with Crippen LogP contribution in [0.25, 0.3) is 0 Å². The van der Waals surface area contributed by atoms with Crippen molar-refractivity contribution >= 4 is 17.5 Å². The van der Waals surface area contributed by atoms with Gasteiger partial charge in [0.15, 0.2) is 0 Å². The Balaban J connectivity index is 2.04. The van der Waals surface area contributed by atoms with E-state index in [1.54, 1.807) is 4.90 Å². The zero-order valence-electron chi connectivity index (χ0n) is 13.2. The van der Waals surface area contributed by atoms with Crippen molar-refractivity contribution in [2.24, 2.45) is 5.92 Å². The molecule has 2 N–H and O–H groups in total. The van der Waals surface area contributed by atoms with Crippen LogP contribution in [0.15, 0.2) is 24.3 Å². The second kappa shape index (κ2) is 7.40. The molecule has 0 spiro atoms. The van der Waals surface area contributed by atoms with Gasteiger partial charge < -0.3 is 15.3 Å². The number of fused-ring (bicyclic) bond motifs is 1. The number of anilines is 1. The summed E-state index contributed by atoms with van der Waals surface area (Å²) in [6.45, 7) is 5.12. The molecule has 0 fully saturated rings. The van der Waals surface area contributed by atoms with Crippen LogP contribution in [-0.2, 0) is 9.59 Å². The fourth-order valence-corrected chi connectivity index (χ4v) is 2.75. The summed E-state index contributed by atoms with van der Waals surface area (Å²) >= 11 is 0. The molecule has 0 aromatic heterocycles. The molecule has 1 aromatic rings. The molecule has 1 aliphatic rings. The maximum atomic E-state index is 12.4. The summed E-state index contributed by atoms with van der Waals surface area (Å²) in [6.07, 6.45) is 1.47. The zero-order valence-corrected chi connectivity index (χ0v) is 13.2. The Morgan fingerprint density at radius 1 is 1.41 bits per heavy atom. The summed E-state index contributed by atoms with van der Waals surface area (Å²) < 4.78 is 0. The van der Waals surface area contributed by atoms with Crippen molar-refractivity contribution in [2.75, 3.05) is 24.6 Å². The summed E-state index contributed by atoms with van der Waals surface area (Å²) in [4.78, 5) is 26.1. The molecule has 5 heteroatoms. The summed E-state index contributed by atoms with van der Waals surface area (Å²) in [5.74, 6) is -0.534. The van der Waals surface area contributed by atoms with Gasteiger partial charge in [0.1, 0.15) is 0 Å². The third-order valence-electron chi connectivity index (χ3n) is 4.22. The van der Waals surface area contributed by atoms with Gasteiger partial charge in [-0.05, 0) is 36.3 Å². The molecule has 2 atom stereocenters. The smallest absolute Gasteiger partial charge is 0.316 e. The number of rotatable bonds is 4. The Kier molecular flexibility index (Phi) is 5.55. The fraction of sp³-hybridized carbons (Fsp3) is 0.529. The monoisotopic (exact) mass is 304 g/mol. The first kappa shape index (κ1) is 16.5. The van der Waals surface area contributed by atoms with Crippen molar-refractivity contribution in [3.63, 3.8) is 0 Å². The van der Waals surface area contributed by atoms with Gasteiger partial charge in [-0.1, -0.05) is 32.0 Å². The second-order valence-corrected chi connectivity index (χ2v) is 6.03. The minimum absolute atomic E-state index is 0.0857.